The van der Waals surface area contributed by atoms with Gasteiger partial charge in [0.15, 0.2) is 0 Å². The Balaban J connectivity index is 2.71. The molecule has 1 aromatic carbocycles. The van der Waals surface area contributed by atoms with Crippen LogP contribution in [0.1, 0.15) is 16.6 Å². The molecule has 0 saturated carbocycles. The topological polar surface area (TPSA) is 83.5 Å². The van der Waals surface area contributed by atoms with Crippen LogP contribution in [-0.2, 0) is 10.0 Å². The molecule has 0 fully saturated rings. The third kappa shape index (κ3) is 2.60. The van der Waals surface area contributed by atoms with E-state index in [2.05, 4.69) is 11.3 Å². The van der Waals surface area contributed by atoms with Gasteiger partial charge in [-0.25, -0.2) is 17.9 Å². The molecule has 1 aromatic heterocycles. The van der Waals surface area contributed by atoms with Crippen molar-refractivity contribution in [2.75, 3.05) is 0 Å². The molecule has 1 heterocycles. The number of nitrogens with one attached hydrogen (secondary N) is 1. The molecule has 0 radical (unpaired) electrons. The number of aromatic carboxylic acids is 1. The summed E-state index contributed by atoms with van der Waals surface area (Å²) < 4.78 is 27.8. The fourth-order valence-electron chi connectivity index (χ4n) is 1.78. The van der Waals surface area contributed by atoms with Crippen LogP contribution in [0.2, 0.25) is 0 Å². The van der Waals surface area contributed by atoms with E-state index in [4.69, 9.17) is 0 Å². The van der Waals surface area contributed by atoms with Crippen molar-refractivity contribution in [2.24, 2.45) is 0 Å². The van der Waals surface area contributed by atoms with Gasteiger partial charge in [0.2, 0.25) is 10.0 Å². The first-order valence-corrected chi connectivity index (χ1v) is 8.06. The van der Waals surface area contributed by atoms with Crippen LogP contribution in [0.25, 0.3) is 10.1 Å². The van der Waals surface area contributed by atoms with Gasteiger partial charge in [-0.2, -0.15) is 0 Å². The summed E-state index contributed by atoms with van der Waals surface area (Å²) in [5, 5.41) is 9.63. The fourth-order valence-corrected chi connectivity index (χ4v) is 4.74. The molecule has 2 N–H and O–H groups in total. The summed E-state index contributed by atoms with van der Waals surface area (Å²) in [7, 11) is -3.92. The summed E-state index contributed by atoms with van der Waals surface area (Å²) >= 11 is 0.949. The van der Waals surface area contributed by atoms with Crippen molar-refractivity contribution in [2.45, 2.75) is 17.9 Å². The van der Waals surface area contributed by atoms with Gasteiger partial charge in [0.05, 0.1) is 0 Å². The molecule has 0 saturated heterocycles. The molecule has 7 heteroatoms. The van der Waals surface area contributed by atoms with Gasteiger partial charge in [-0.1, -0.05) is 24.3 Å². The normalized spacial score (nSPS) is 13.2. The van der Waals surface area contributed by atoms with Crippen LogP contribution in [0, 0.1) is 0 Å². The Hall–Kier alpha value is -1.70. The highest BCUT2D eigenvalue weighted by Gasteiger charge is 2.28. The Morgan fingerprint density at radius 2 is 2.10 bits per heavy atom. The maximum atomic E-state index is 12.4. The summed E-state index contributed by atoms with van der Waals surface area (Å²) in [6.07, 6.45) is 1.44. The van der Waals surface area contributed by atoms with Crippen LogP contribution in [0.15, 0.2) is 41.8 Å². The SMILES string of the molecule is C=CC(C)NS(=O)(=O)c1c(C(=O)O)sc2ccccc12. The molecule has 5 nitrogen and oxygen atoms in total. The highest BCUT2D eigenvalue weighted by Crippen LogP contribution is 2.34. The molecule has 0 aliphatic heterocycles. The van der Waals surface area contributed by atoms with Crippen LogP contribution >= 0.6 is 11.3 Å². The number of hydrogen-bond donors (Lipinski definition) is 2. The molecule has 2 rings (SSSR count). The largest absolute Gasteiger partial charge is 0.477 e. The number of carboxylic acids is 1. The minimum absolute atomic E-state index is 0.181. The molecule has 1 atom stereocenters. The number of hydrogen-bond acceptors (Lipinski definition) is 4. The Morgan fingerprint density at radius 3 is 2.70 bits per heavy atom. The van der Waals surface area contributed by atoms with Gasteiger partial charge >= 0.3 is 5.97 Å². The minimum Gasteiger partial charge on any atom is -0.477 e. The zero-order valence-corrected chi connectivity index (χ0v) is 12.3. The van der Waals surface area contributed by atoms with E-state index in [1.54, 1.807) is 31.2 Å². The number of sulfonamides is 1. The first-order chi connectivity index (χ1) is 9.36. The molecule has 106 valence electrons. The molecule has 2 aromatic rings. The quantitative estimate of drug-likeness (QED) is 0.831. The van der Waals surface area contributed by atoms with Crippen molar-refractivity contribution in [1.82, 2.24) is 4.72 Å². The Kier molecular flexibility index (Phi) is 3.94. The monoisotopic (exact) mass is 311 g/mol. The highest BCUT2D eigenvalue weighted by atomic mass is 32.2. The second-order valence-corrected chi connectivity index (χ2v) is 6.91. The predicted octanol–water partition coefficient (Wildman–Crippen LogP) is 2.45. The second-order valence-electron chi connectivity index (χ2n) is 4.21. The van der Waals surface area contributed by atoms with Crippen molar-refractivity contribution < 1.29 is 18.3 Å². The number of rotatable bonds is 5. The van der Waals surface area contributed by atoms with Gasteiger partial charge in [0.1, 0.15) is 9.77 Å². The van der Waals surface area contributed by atoms with Crippen LogP contribution in [0.3, 0.4) is 0 Å². The lowest BCUT2D eigenvalue weighted by Gasteiger charge is -2.10. The number of fused-ring (bicyclic) bond motifs is 1. The van der Waals surface area contributed by atoms with E-state index in [0.717, 1.165) is 11.3 Å². The third-order valence-electron chi connectivity index (χ3n) is 2.71. The van der Waals surface area contributed by atoms with E-state index in [0.29, 0.717) is 10.1 Å². The van der Waals surface area contributed by atoms with Crippen molar-refractivity contribution >= 4 is 37.4 Å². The van der Waals surface area contributed by atoms with Gasteiger partial charge in [-0.15, -0.1) is 17.9 Å². The van der Waals surface area contributed by atoms with Crippen molar-refractivity contribution in [1.29, 1.82) is 0 Å². The van der Waals surface area contributed by atoms with E-state index >= 15 is 0 Å². The summed E-state index contributed by atoms with van der Waals surface area (Å²) in [6, 6.07) is 6.23. The molecular formula is C13H13NO4S2. The number of thiophene rings is 1. The first kappa shape index (κ1) is 14.7. The molecule has 0 amide bonds. The fraction of sp³-hybridized carbons (Fsp3) is 0.154. The second kappa shape index (κ2) is 5.35. The number of carboxylic acid groups (broad SMARTS) is 1. The molecule has 20 heavy (non-hydrogen) atoms. The van der Waals surface area contributed by atoms with Crippen molar-refractivity contribution in [3.05, 3.63) is 41.8 Å². The Bertz CT molecular complexity index is 777. The Morgan fingerprint density at radius 1 is 1.45 bits per heavy atom. The van der Waals surface area contributed by atoms with Crippen LogP contribution < -0.4 is 4.72 Å². The standard InChI is InChI=1S/C13H13NO4S2/c1-3-8(2)14-20(17,18)12-9-6-4-5-7-10(9)19-11(12)13(15)16/h3-8,14H,1H2,2H3,(H,15,16). The van der Waals surface area contributed by atoms with E-state index in [-0.39, 0.29) is 9.77 Å². The van der Waals surface area contributed by atoms with Gasteiger partial charge in [0, 0.05) is 16.1 Å². The zero-order chi connectivity index (χ0) is 14.9. The number of carbonyl (C=O) groups is 1. The summed E-state index contributed by atoms with van der Waals surface area (Å²) in [6.45, 7) is 5.13. The molecule has 0 aliphatic carbocycles. The molecule has 0 bridgehead atoms. The molecular weight excluding hydrogens is 298 g/mol. The van der Waals surface area contributed by atoms with E-state index < -0.39 is 22.0 Å². The van der Waals surface area contributed by atoms with Crippen molar-refractivity contribution in [3.63, 3.8) is 0 Å². The molecule has 0 spiro atoms. The lowest BCUT2D eigenvalue weighted by Crippen LogP contribution is -2.31. The molecule has 0 aliphatic rings. The van der Waals surface area contributed by atoms with E-state index in [9.17, 15) is 18.3 Å². The van der Waals surface area contributed by atoms with E-state index in [1.807, 2.05) is 0 Å². The van der Waals surface area contributed by atoms with Gasteiger partial charge in [0.25, 0.3) is 0 Å². The average molecular weight is 311 g/mol. The highest BCUT2D eigenvalue weighted by molar-refractivity contribution is 7.90. The Labute approximate surface area is 120 Å². The average Bonchev–Trinajstić information content (AvgIpc) is 2.78. The lowest BCUT2D eigenvalue weighted by atomic mass is 10.2. The zero-order valence-electron chi connectivity index (χ0n) is 10.7. The third-order valence-corrected chi connectivity index (χ3v) is 5.64. The van der Waals surface area contributed by atoms with Crippen LogP contribution in [0.5, 0.6) is 0 Å². The first-order valence-electron chi connectivity index (χ1n) is 5.76. The lowest BCUT2D eigenvalue weighted by molar-refractivity contribution is 0.0698. The van der Waals surface area contributed by atoms with Gasteiger partial charge in [-0.3, -0.25) is 0 Å². The summed E-state index contributed by atoms with van der Waals surface area (Å²) in [5.41, 5.74) is 0. The predicted molar refractivity (Wildman–Crippen MR) is 78.8 cm³/mol. The smallest absolute Gasteiger partial charge is 0.347 e. The van der Waals surface area contributed by atoms with Crippen molar-refractivity contribution in [3.8, 4) is 0 Å². The minimum atomic E-state index is -3.92. The maximum Gasteiger partial charge on any atom is 0.347 e. The van der Waals surface area contributed by atoms with Crippen LogP contribution in [0.4, 0.5) is 0 Å². The maximum absolute atomic E-state index is 12.4. The molecule has 1 unspecified atom stereocenters. The summed E-state index contributed by atoms with van der Waals surface area (Å²) in [4.78, 5) is 10.9. The van der Waals surface area contributed by atoms with Crippen LogP contribution in [-0.4, -0.2) is 25.5 Å². The van der Waals surface area contributed by atoms with E-state index in [1.165, 1.54) is 6.08 Å². The number of benzene rings is 1. The summed E-state index contributed by atoms with van der Waals surface area (Å²) in [5.74, 6) is -1.25. The van der Waals surface area contributed by atoms with Gasteiger partial charge in [-0.05, 0) is 13.0 Å². The van der Waals surface area contributed by atoms with Gasteiger partial charge < -0.3 is 5.11 Å².